The van der Waals surface area contributed by atoms with E-state index in [1.165, 1.54) is 24.3 Å². The van der Waals surface area contributed by atoms with E-state index in [1.54, 1.807) is 0 Å². The van der Waals surface area contributed by atoms with Gasteiger partial charge in [-0.3, -0.25) is 0 Å². The van der Waals surface area contributed by atoms with Crippen LogP contribution in [-0.4, -0.2) is 28.1 Å². The van der Waals surface area contributed by atoms with E-state index in [0.29, 0.717) is 0 Å². The second-order valence-corrected chi connectivity index (χ2v) is 3.72. The molecule has 0 radical (unpaired) electrons. The zero-order valence-corrected chi connectivity index (χ0v) is 9.84. The molecule has 0 aliphatic rings. The Kier molecular flexibility index (Phi) is 3.37. The molecule has 0 saturated heterocycles. The summed E-state index contributed by atoms with van der Waals surface area (Å²) < 4.78 is 26.0. The van der Waals surface area contributed by atoms with Crippen molar-refractivity contribution in [3.05, 3.63) is 47.9 Å². The molecule has 0 atom stereocenters. The number of anilines is 2. The highest BCUT2D eigenvalue weighted by Gasteiger charge is 2.17. The lowest BCUT2D eigenvalue weighted by Crippen LogP contribution is -2.16. The highest BCUT2D eigenvalue weighted by molar-refractivity contribution is 5.93. The van der Waals surface area contributed by atoms with Gasteiger partial charge < -0.3 is 10.0 Å². The number of aromatic nitrogens is 2. The van der Waals surface area contributed by atoms with Crippen LogP contribution in [0, 0.1) is 11.6 Å². The van der Waals surface area contributed by atoms with E-state index in [1.807, 2.05) is 0 Å². The third-order valence-electron chi connectivity index (χ3n) is 2.53. The zero-order valence-electron chi connectivity index (χ0n) is 9.84. The fourth-order valence-electron chi connectivity index (χ4n) is 1.56. The van der Waals surface area contributed by atoms with Crippen LogP contribution in [0.1, 0.15) is 10.4 Å². The van der Waals surface area contributed by atoms with Crippen LogP contribution < -0.4 is 4.90 Å². The minimum atomic E-state index is -1.20. The number of aromatic carboxylic acids is 1. The molecule has 2 rings (SSSR count). The van der Waals surface area contributed by atoms with Crippen LogP contribution in [-0.2, 0) is 0 Å². The number of nitrogens with zero attached hydrogens (tertiary/aromatic N) is 3. The molecule has 1 aromatic heterocycles. The Labute approximate surface area is 107 Å². The lowest BCUT2D eigenvalue weighted by Gasteiger charge is -2.19. The van der Waals surface area contributed by atoms with Crippen LogP contribution in [0.2, 0.25) is 0 Å². The molecule has 2 aromatic rings. The molecule has 5 nitrogen and oxygen atoms in total. The van der Waals surface area contributed by atoms with Gasteiger partial charge in [0.15, 0.2) is 17.5 Å². The quantitative estimate of drug-likeness (QED) is 0.921. The van der Waals surface area contributed by atoms with Gasteiger partial charge in [0.05, 0.1) is 0 Å². The third-order valence-corrected chi connectivity index (χ3v) is 2.53. The van der Waals surface area contributed by atoms with Crippen LogP contribution >= 0.6 is 0 Å². The average Bonchev–Trinajstić information content (AvgIpc) is 2.41. The first-order valence-corrected chi connectivity index (χ1v) is 5.23. The van der Waals surface area contributed by atoms with Gasteiger partial charge in [0.25, 0.3) is 0 Å². The van der Waals surface area contributed by atoms with Gasteiger partial charge in [0.2, 0.25) is 0 Å². The number of rotatable bonds is 3. The number of carboxylic acid groups (broad SMARTS) is 1. The molecular weight excluding hydrogens is 256 g/mol. The predicted molar refractivity (Wildman–Crippen MR) is 63.4 cm³/mol. The second-order valence-electron chi connectivity index (χ2n) is 3.72. The van der Waals surface area contributed by atoms with Crippen LogP contribution in [0.25, 0.3) is 0 Å². The van der Waals surface area contributed by atoms with Crippen molar-refractivity contribution in [1.29, 1.82) is 0 Å². The predicted octanol–water partition coefficient (Wildman–Crippen LogP) is 2.22. The molecule has 19 heavy (non-hydrogen) atoms. The second kappa shape index (κ2) is 4.97. The van der Waals surface area contributed by atoms with E-state index in [2.05, 4.69) is 9.97 Å². The normalized spacial score (nSPS) is 10.3. The van der Waals surface area contributed by atoms with Crippen LogP contribution in [0.4, 0.5) is 20.3 Å². The standard InChI is InChI=1S/C12H9F2N3O2/c1-17(7-2-3-9(13)10(14)4-7)11-8(12(18)19)5-15-6-16-11/h2-6H,1H3,(H,18,19). The molecule has 0 amide bonds. The van der Waals surface area contributed by atoms with Gasteiger partial charge in [0, 0.05) is 25.0 Å². The third kappa shape index (κ3) is 2.49. The first-order chi connectivity index (χ1) is 9.00. The van der Waals surface area contributed by atoms with Crippen LogP contribution in [0.5, 0.6) is 0 Å². The van der Waals surface area contributed by atoms with Gasteiger partial charge >= 0.3 is 5.97 Å². The summed E-state index contributed by atoms with van der Waals surface area (Å²) in [5, 5.41) is 9.02. The molecule has 0 unspecified atom stereocenters. The van der Waals surface area contributed by atoms with E-state index in [9.17, 15) is 13.6 Å². The molecule has 0 aliphatic heterocycles. The fraction of sp³-hybridized carbons (Fsp3) is 0.0833. The molecule has 0 spiro atoms. The van der Waals surface area contributed by atoms with E-state index >= 15 is 0 Å². The Balaban J connectivity index is 2.46. The van der Waals surface area contributed by atoms with Gasteiger partial charge in [0.1, 0.15) is 11.9 Å². The Bertz CT molecular complexity index is 634. The van der Waals surface area contributed by atoms with E-state index < -0.39 is 17.6 Å². The minimum Gasteiger partial charge on any atom is -0.477 e. The molecular formula is C12H9F2N3O2. The Hall–Kier alpha value is -2.57. The van der Waals surface area contributed by atoms with Crippen molar-refractivity contribution in [3.8, 4) is 0 Å². The van der Waals surface area contributed by atoms with E-state index in [-0.39, 0.29) is 17.1 Å². The molecule has 0 aliphatic carbocycles. The zero-order chi connectivity index (χ0) is 14.0. The maximum absolute atomic E-state index is 13.2. The van der Waals surface area contributed by atoms with Crippen LogP contribution in [0.3, 0.4) is 0 Å². The summed E-state index contributed by atoms with van der Waals surface area (Å²) in [5.41, 5.74) is 0.148. The Morgan fingerprint density at radius 2 is 2.05 bits per heavy atom. The summed E-state index contributed by atoms with van der Waals surface area (Å²) >= 11 is 0. The Morgan fingerprint density at radius 3 is 2.68 bits per heavy atom. The first kappa shape index (κ1) is 12.9. The van der Waals surface area contributed by atoms with Crippen molar-refractivity contribution >= 4 is 17.5 Å². The van der Waals surface area contributed by atoms with E-state index in [0.717, 1.165) is 18.3 Å². The number of benzene rings is 1. The molecule has 0 saturated carbocycles. The molecule has 0 fully saturated rings. The van der Waals surface area contributed by atoms with Crippen molar-refractivity contribution in [3.63, 3.8) is 0 Å². The summed E-state index contributed by atoms with van der Waals surface area (Å²) in [4.78, 5) is 19.8. The van der Waals surface area contributed by atoms with Gasteiger partial charge in [-0.25, -0.2) is 23.5 Å². The number of hydrogen-bond donors (Lipinski definition) is 1. The topological polar surface area (TPSA) is 66.3 Å². The first-order valence-electron chi connectivity index (χ1n) is 5.23. The molecule has 0 bridgehead atoms. The monoisotopic (exact) mass is 265 g/mol. The summed E-state index contributed by atoms with van der Waals surface area (Å²) in [6.45, 7) is 0. The maximum atomic E-state index is 13.2. The number of carbonyl (C=O) groups is 1. The Morgan fingerprint density at radius 1 is 1.32 bits per heavy atom. The summed E-state index contributed by atoms with van der Waals surface area (Å²) in [7, 11) is 1.50. The van der Waals surface area contributed by atoms with Crippen molar-refractivity contribution in [1.82, 2.24) is 9.97 Å². The molecule has 1 aromatic carbocycles. The SMILES string of the molecule is CN(c1ccc(F)c(F)c1)c1ncncc1C(=O)O. The number of hydrogen-bond acceptors (Lipinski definition) is 4. The summed E-state index contributed by atoms with van der Waals surface area (Å²) in [6, 6.07) is 3.25. The van der Waals surface area contributed by atoms with Crippen molar-refractivity contribution in [2.45, 2.75) is 0 Å². The number of halogens is 2. The van der Waals surface area contributed by atoms with Crippen molar-refractivity contribution in [2.24, 2.45) is 0 Å². The van der Waals surface area contributed by atoms with Crippen molar-refractivity contribution in [2.75, 3.05) is 11.9 Å². The molecule has 98 valence electrons. The van der Waals surface area contributed by atoms with Crippen molar-refractivity contribution < 1.29 is 18.7 Å². The molecule has 7 heteroatoms. The largest absolute Gasteiger partial charge is 0.477 e. The smallest absolute Gasteiger partial charge is 0.341 e. The molecule has 1 N–H and O–H groups in total. The van der Waals surface area contributed by atoms with Gasteiger partial charge in [-0.2, -0.15) is 0 Å². The highest BCUT2D eigenvalue weighted by atomic mass is 19.2. The average molecular weight is 265 g/mol. The highest BCUT2D eigenvalue weighted by Crippen LogP contribution is 2.25. The lowest BCUT2D eigenvalue weighted by molar-refractivity contribution is 0.0697. The van der Waals surface area contributed by atoms with Gasteiger partial charge in [-0.1, -0.05) is 0 Å². The lowest BCUT2D eigenvalue weighted by atomic mass is 10.2. The summed E-state index contributed by atoms with van der Waals surface area (Å²) in [5.74, 6) is -3.10. The fourth-order valence-corrected chi connectivity index (χ4v) is 1.56. The maximum Gasteiger partial charge on any atom is 0.341 e. The number of carboxylic acids is 1. The van der Waals surface area contributed by atoms with Gasteiger partial charge in [-0.05, 0) is 12.1 Å². The summed E-state index contributed by atoms with van der Waals surface area (Å²) in [6.07, 6.45) is 2.32. The van der Waals surface area contributed by atoms with E-state index in [4.69, 9.17) is 5.11 Å². The molecule has 1 heterocycles. The van der Waals surface area contributed by atoms with Crippen LogP contribution in [0.15, 0.2) is 30.7 Å². The minimum absolute atomic E-state index is 0.0912. The van der Waals surface area contributed by atoms with Gasteiger partial charge in [-0.15, -0.1) is 0 Å².